The summed E-state index contributed by atoms with van der Waals surface area (Å²) in [5.41, 5.74) is 0.296. The highest BCUT2D eigenvalue weighted by atomic mass is 32.1. The molecule has 1 aliphatic heterocycles. The first kappa shape index (κ1) is 20.0. The van der Waals surface area contributed by atoms with Crippen molar-refractivity contribution in [1.29, 1.82) is 0 Å². The van der Waals surface area contributed by atoms with Crippen LogP contribution in [0.25, 0.3) is 0 Å². The van der Waals surface area contributed by atoms with Crippen molar-refractivity contribution in [2.24, 2.45) is 0 Å². The average molecular weight is 444 g/mol. The molecule has 3 aromatic heterocycles. The summed E-state index contributed by atoms with van der Waals surface area (Å²) in [5.74, 6) is -2.04. The number of furan rings is 1. The van der Waals surface area contributed by atoms with E-state index in [2.05, 4.69) is 4.98 Å². The van der Waals surface area contributed by atoms with E-state index in [1.54, 1.807) is 37.4 Å². The van der Waals surface area contributed by atoms with Crippen molar-refractivity contribution in [2.45, 2.75) is 19.9 Å². The van der Waals surface area contributed by atoms with Gasteiger partial charge in [-0.3, -0.25) is 14.5 Å². The minimum absolute atomic E-state index is 0.0239. The Morgan fingerprint density at radius 1 is 1.27 bits per heavy atom. The fourth-order valence-electron chi connectivity index (χ4n) is 3.21. The molecular formula is C20H16N2O6S2. The van der Waals surface area contributed by atoms with E-state index in [-0.39, 0.29) is 21.3 Å². The highest BCUT2D eigenvalue weighted by Gasteiger charge is 2.47. The van der Waals surface area contributed by atoms with Crippen LogP contribution in [0.4, 0.5) is 5.13 Å². The minimum Gasteiger partial charge on any atom is -0.503 e. The molecule has 0 fully saturated rings. The van der Waals surface area contributed by atoms with Crippen LogP contribution < -0.4 is 4.90 Å². The number of ether oxygens (including phenoxy) is 1. The molecule has 0 spiro atoms. The number of aliphatic hydroxyl groups excluding tert-OH is 1. The van der Waals surface area contributed by atoms with E-state index < -0.39 is 29.5 Å². The van der Waals surface area contributed by atoms with Crippen molar-refractivity contribution in [3.63, 3.8) is 0 Å². The Bertz CT molecular complexity index is 1190. The number of thiophene rings is 1. The second-order valence-electron chi connectivity index (χ2n) is 6.50. The first-order valence-electron chi connectivity index (χ1n) is 8.80. The van der Waals surface area contributed by atoms with Crippen LogP contribution in [0.15, 0.2) is 45.4 Å². The van der Waals surface area contributed by atoms with E-state index in [0.29, 0.717) is 16.3 Å². The fraction of sp³-hybridized carbons (Fsp3) is 0.200. The molecule has 30 heavy (non-hydrogen) atoms. The standard InChI is InChI=1S/C20H16N2O6S2/c1-9-6-7-11(28-9)15(23)13-14(12-5-4-8-29-12)22(18(25)16(13)24)20-21-10(2)17(30-20)19(26)27-3/h4-8,14,24H,1-3H3. The van der Waals surface area contributed by atoms with Gasteiger partial charge in [0, 0.05) is 4.88 Å². The molecule has 0 saturated carbocycles. The second kappa shape index (κ2) is 7.54. The number of aromatic nitrogens is 1. The van der Waals surface area contributed by atoms with Crippen LogP contribution in [0, 0.1) is 13.8 Å². The molecule has 3 aromatic rings. The van der Waals surface area contributed by atoms with Gasteiger partial charge in [-0.2, -0.15) is 0 Å². The molecule has 1 unspecified atom stereocenters. The van der Waals surface area contributed by atoms with E-state index in [1.165, 1.54) is 29.4 Å². The zero-order chi connectivity index (χ0) is 21.6. The molecule has 0 radical (unpaired) electrons. The molecule has 4 rings (SSSR count). The molecule has 10 heteroatoms. The summed E-state index contributed by atoms with van der Waals surface area (Å²) in [6, 6.07) is 5.78. The summed E-state index contributed by atoms with van der Waals surface area (Å²) in [6.45, 7) is 3.32. The van der Waals surface area contributed by atoms with Gasteiger partial charge in [0.2, 0.25) is 5.78 Å². The molecule has 1 N–H and O–H groups in total. The topological polar surface area (TPSA) is 110 Å². The van der Waals surface area contributed by atoms with Gasteiger partial charge in [-0.05, 0) is 37.4 Å². The van der Waals surface area contributed by atoms with E-state index in [9.17, 15) is 19.5 Å². The molecule has 154 valence electrons. The lowest BCUT2D eigenvalue weighted by molar-refractivity contribution is -0.117. The van der Waals surface area contributed by atoms with Crippen molar-refractivity contribution in [2.75, 3.05) is 12.0 Å². The first-order chi connectivity index (χ1) is 14.3. The number of carbonyl (C=O) groups is 3. The van der Waals surface area contributed by atoms with Gasteiger partial charge in [-0.1, -0.05) is 17.4 Å². The number of hydrogen-bond acceptors (Lipinski definition) is 9. The molecule has 1 atom stereocenters. The van der Waals surface area contributed by atoms with E-state index >= 15 is 0 Å². The Labute approximate surface area is 179 Å². The molecule has 1 aliphatic rings. The minimum atomic E-state index is -0.897. The van der Waals surface area contributed by atoms with Gasteiger partial charge in [0.25, 0.3) is 5.91 Å². The number of carbonyl (C=O) groups excluding carboxylic acids is 3. The predicted molar refractivity (Wildman–Crippen MR) is 110 cm³/mol. The van der Waals surface area contributed by atoms with E-state index in [0.717, 1.165) is 11.3 Å². The molecule has 4 heterocycles. The lowest BCUT2D eigenvalue weighted by Crippen LogP contribution is -2.30. The number of Topliss-reactive ketones (excluding diaryl/α,β-unsaturated/α-hetero) is 1. The smallest absolute Gasteiger partial charge is 0.350 e. The number of esters is 1. The van der Waals surface area contributed by atoms with Crippen LogP contribution >= 0.6 is 22.7 Å². The van der Waals surface area contributed by atoms with Crippen LogP contribution in [0.1, 0.15) is 42.6 Å². The zero-order valence-electron chi connectivity index (χ0n) is 16.2. The number of aryl methyl sites for hydroxylation is 2. The highest BCUT2D eigenvalue weighted by molar-refractivity contribution is 7.17. The molecule has 0 saturated heterocycles. The van der Waals surface area contributed by atoms with Crippen molar-refractivity contribution >= 4 is 45.5 Å². The van der Waals surface area contributed by atoms with Crippen LogP contribution in [0.5, 0.6) is 0 Å². The van der Waals surface area contributed by atoms with Crippen molar-refractivity contribution in [3.05, 3.63) is 67.9 Å². The normalized spacial score (nSPS) is 16.4. The summed E-state index contributed by atoms with van der Waals surface area (Å²) in [7, 11) is 1.26. The molecule has 0 bridgehead atoms. The monoisotopic (exact) mass is 444 g/mol. The summed E-state index contributed by atoms with van der Waals surface area (Å²) in [6.07, 6.45) is 0. The summed E-state index contributed by atoms with van der Waals surface area (Å²) in [4.78, 5) is 44.6. The van der Waals surface area contributed by atoms with Crippen molar-refractivity contribution in [1.82, 2.24) is 4.98 Å². The Balaban J connectivity index is 1.84. The third-order valence-electron chi connectivity index (χ3n) is 4.59. The number of nitrogens with zero attached hydrogens (tertiary/aromatic N) is 2. The Hall–Kier alpha value is -3.24. The Morgan fingerprint density at radius 2 is 2.03 bits per heavy atom. The molecule has 8 nitrogen and oxygen atoms in total. The maximum atomic E-state index is 13.1. The quantitative estimate of drug-likeness (QED) is 0.468. The fourth-order valence-corrected chi connectivity index (χ4v) is 5.04. The van der Waals surface area contributed by atoms with Crippen LogP contribution in [0.2, 0.25) is 0 Å². The largest absolute Gasteiger partial charge is 0.503 e. The summed E-state index contributed by atoms with van der Waals surface area (Å²) < 4.78 is 10.2. The number of hydrogen-bond donors (Lipinski definition) is 1. The molecule has 1 amide bonds. The third kappa shape index (κ3) is 3.14. The maximum Gasteiger partial charge on any atom is 0.350 e. The zero-order valence-corrected chi connectivity index (χ0v) is 17.8. The van der Waals surface area contributed by atoms with Gasteiger partial charge >= 0.3 is 5.97 Å². The van der Waals surface area contributed by atoms with Crippen molar-refractivity contribution < 1.29 is 28.6 Å². The van der Waals surface area contributed by atoms with Crippen molar-refractivity contribution in [3.8, 4) is 0 Å². The second-order valence-corrected chi connectivity index (χ2v) is 8.45. The SMILES string of the molecule is COC(=O)c1sc(N2C(=O)C(O)=C(C(=O)c3ccc(C)o3)C2c2cccs2)nc1C. The molecule has 0 aromatic carbocycles. The van der Waals surface area contributed by atoms with Crippen LogP contribution in [-0.2, 0) is 9.53 Å². The van der Waals surface area contributed by atoms with Crippen LogP contribution in [-0.4, -0.2) is 34.9 Å². The average Bonchev–Trinajstić information content (AvgIpc) is 3.49. The van der Waals surface area contributed by atoms with Crippen LogP contribution in [0.3, 0.4) is 0 Å². The van der Waals surface area contributed by atoms with E-state index in [4.69, 9.17) is 9.15 Å². The van der Waals surface area contributed by atoms with Gasteiger partial charge in [0.05, 0.1) is 18.4 Å². The number of anilines is 1. The van der Waals surface area contributed by atoms with Gasteiger partial charge in [-0.25, -0.2) is 9.78 Å². The predicted octanol–water partition coefficient (Wildman–Crippen LogP) is 3.98. The first-order valence-corrected chi connectivity index (χ1v) is 10.5. The Morgan fingerprint density at radius 3 is 2.63 bits per heavy atom. The Kier molecular flexibility index (Phi) is 5.04. The lowest BCUT2D eigenvalue weighted by Gasteiger charge is -2.22. The number of methoxy groups -OCH3 is 1. The van der Waals surface area contributed by atoms with Gasteiger partial charge in [0.15, 0.2) is 16.7 Å². The highest BCUT2D eigenvalue weighted by Crippen LogP contribution is 2.45. The number of amides is 1. The molecular weight excluding hydrogens is 428 g/mol. The lowest BCUT2D eigenvalue weighted by atomic mass is 10.0. The van der Waals surface area contributed by atoms with E-state index in [1.807, 2.05) is 0 Å². The maximum absolute atomic E-state index is 13.1. The number of aliphatic hydroxyl groups is 1. The summed E-state index contributed by atoms with van der Waals surface area (Å²) in [5, 5.41) is 12.6. The third-order valence-corrected chi connectivity index (χ3v) is 6.65. The van der Waals surface area contributed by atoms with Gasteiger partial charge in [0.1, 0.15) is 16.7 Å². The van der Waals surface area contributed by atoms with Gasteiger partial charge < -0.3 is 14.3 Å². The number of thiazole rings is 1. The summed E-state index contributed by atoms with van der Waals surface area (Å²) >= 11 is 2.29. The number of rotatable bonds is 5. The van der Waals surface area contributed by atoms with Gasteiger partial charge in [-0.15, -0.1) is 11.3 Å². The number of ketones is 1. The molecule has 0 aliphatic carbocycles.